The van der Waals surface area contributed by atoms with Gasteiger partial charge in [-0.05, 0) is 77.1 Å². The first-order valence-corrected chi connectivity index (χ1v) is 15.6. The first-order valence-electron chi connectivity index (χ1n) is 15.6. The predicted octanol–water partition coefficient (Wildman–Crippen LogP) is 7.21. The van der Waals surface area contributed by atoms with Crippen molar-refractivity contribution in [2.45, 2.75) is 65.0 Å². The Bertz CT molecular complexity index is 1460. The van der Waals surface area contributed by atoms with Crippen molar-refractivity contribution in [1.29, 1.82) is 0 Å². The number of esters is 2. The van der Waals surface area contributed by atoms with E-state index < -0.39 is 37.1 Å². The van der Waals surface area contributed by atoms with E-state index in [0.717, 1.165) is 50.9 Å². The number of aryl methyl sites for hydroxylation is 2. The van der Waals surface area contributed by atoms with Crippen LogP contribution in [0.4, 0.5) is 13.2 Å². The third-order valence-corrected chi connectivity index (χ3v) is 7.84. The zero-order valence-electron chi connectivity index (χ0n) is 26.5. The summed E-state index contributed by atoms with van der Waals surface area (Å²) in [5.74, 6) is -1.75. The number of carbonyl (C=O) groups is 2. The van der Waals surface area contributed by atoms with Gasteiger partial charge in [-0.1, -0.05) is 74.2 Å². The van der Waals surface area contributed by atoms with Crippen molar-refractivity contribution >= 4 is 11.9 Å². The molecule has 0 spiro atoms. The van der Waals surface area contributed by atoms with E-state index in [2.05, 4.69) is 31.7 Å². The van der Waals surface area contributed by atoms with Gasteiger partial charge in [0, 0.05) is 19.3 Å². The van der Waals surface area contributed by atoms with Crippen molar-refractivity contribution < 1.29 is 42.4 Å². The van der Waals surface area contributed by atoms with Gasteiger partial charge in [0.2, 0.25) is 0 Å². The van der Waals surface area contributed by atoms with Crippen LogP contribution in [-0.4, -0.2) is 54.8 Å². The number of halogens is 3. The van der Waals surface area contributed by atoms with E-state index >= 15 is 0 Å². The maximum Gasteiger partial charge on any atom is 0.389 e. The van der Waals surface area contributed by atoms with E-state index in [1.165, 1.54) is 0 Å². The number of aliphatic hydroxyl groups excluding tert-OH is 2. The summed E-state index contributed by atoms with van der Waals surface area (Å²) in [6.45, 7) is 6.60. The molecular weight excluding hydrogens is 597 g/mol. The van der Waals surface area contributed by atoms with Crippen molar-refractivity contribution in [2.24, 2.45) is 5.92 Å². The van der Waals surface area contributed by atoms with Crippen molar-refractivity contribution in [3.8, 4) is 22.3 Å². The molecule has 0 saturated carbocycles. The first-order chi connectivity index (χ1) is 21.9. The highest BCUT2D eigenvalue weighted by molar-refractivity contribution is 5.87. The minimum absolute atomic E-state index is 0.0215. The third kappa shape index (κ3) is 11.1. The number of hydrogen-bond donors (Lipinski definition) is 2. The summed E-state index contributed by atoms with van der Waals surface area (Å²) in [6.07, 6.45) is -2.03. The molecule has 0 aliphatic carbocycles. The van der Waals surface area contributed by atoms with Gasteiger partial charge in [-0.25, -0.2) is 4.79 Å². The van der Waals surface area contributed by atoms with Crippen molar-refractivity contribution in [3.05, 3.63) is 95.1 Å². The van der Waals surface area contributed by atoms with Crippen LogP contribution < -0.4 is 0 Å². The minimum Gasteiger partial charge on any atom is -0.465 e. The molecule has 0 heterocycles. The van der Waals surface area contributed by atoms with E-state index in [-0.39, 0.29) is 31.8 Å². The van der Waals surface area contributed by atoms with Gasteiger partial charge in [-0.3, -0.25) is 4.79 Å². The lowest BCUT2D eigenvalue weighted by atomic mass is 9.90. The van der Waals surface area contributed by atoms with E-state index in [4.69, 9.17) is 14.6 Å². The zero-order chi connectivity index (χ0) is 33.7. The smallest absolute Gasteiger partial charge is 0.389 e. The monoisotopic (exact) mass is 640 g/mol. The summed E-state index contributed by atoms with van der Waals surface area (Å²) < 4.78 is 47.9. The van der Waals surface area contributed by atoms with Gasteiger partial charge in [0.15, 0.2) is 0 Å². The molecule has 0 radical (unpaired) electrons. The van der Waals surface area contributed by atoms with E-state index in [1.807, 2.05) is 42.5 Å². The van der Waals surface area contributed by atoms with Crippen molar-refractivity contribution in [3.63, 3.8) is 0 Å². The molecule has 0 aromatic heterocycles. The number of hydrogen-bond acceptors (Lipinski definition) is 6. The first kappa shape index (κ1) is 36.5. The Morgan fingerprint density at radius 2 is 1.43 bits per heavy atom. The molecule has 1 atom stereocenters. The Labute approximate surface area is 268 Å². The van der Waals surface area contributed by atoms with Gasteiger partial charge in [-0.2, -0.15) is 13.2 Å². The van der Waals surface area contributed by atoms with Crippen LogP contribution in [0, 0.1) is 5.92 Å². The summed E-state index contributed by atoms with van der Waals surface area (Å²) in [5, 5.41) is 18.4. The molecule has 0 fully saturated rings. The molecule has 9 heteroatoms. The molecule has 46 heavy (non-hydrogen) atoms. The topological polar surface area (TPSA) is 93.1 Å². The highest BCUT2D eigenvalue weighted by Crippen LogP contribution is 2.32. The molecule has 6 nitrogen and oxygen atoms in total. The molecular formula is C37H43F3O6. The van der Waals surface area contributed by atoms with Crippen LogP contribution in [-0.2, 0) is 44.7 Å². The van der Waals surface area contributed by atoms with Gasteiger partial charge in [0.25, 0.3) is 0 Å². The molecule has 0 saturated heterocycles. The third-order valence-electron chi connectivity index (χ3n) is 7.84. The predicted molar refractivity (Wildman–Crippen MR) is 172 cm³/mol. The summed E-state index contributed by atoms with van der Waals surface area (Å²) in [7, 11) is 0. The average molecular weight is 641 g/mol. The standard InChI is InChI=1S/C37H43F3O6/c1-4-28-21-31(29-10-8-27(9-11-29)7-5-6-18-37(38,39)40)14-15-34(28)33-13-12-30(16-19-45-35(43)25(2)23-41)32(22-33)17-20-46-36(44)26(3)24-42/h8-15,21-22,26,41-42H,2,4-7,16-20,23-24H2,1,3H3. The van der Waals surface area contributed by atoms with E-state index in [9.17, 15) is 27.9 Å². The second kappa shape index (κ2) is 17.7. The van der Waals surface area contributed by atoms with Crippen molar-refractivity contribution in [1.82, 2.24) is 0 Å². The maximum absolute atomic E-state index is 12.4. The van der Waals surface area contributed by atoms with Gasteiger partial charge in [0.1, 0.15) is 0 Å². The lowest BCUT2D eigenvalue weighted by Gasteiger charge is -2.16. The molecule has 0 amide bonds. The number of benzene rings is 3. The van der Waals surface area contributed by atoms with Crippen LogP contribution in [0.5, 0.6) is 0 Å². The van der Waals surface area contributed by atoms with Crippen LogP contribution in [0.2, 0.25) is 0 Å². The molecule has 3 aromatic carbocycles. The molecule has 2 N–H and O–H groups in total. The van der Waals surface area contributed by atoms with E-state index in [0.29, 0.717) is 25.7 Å². The molecule has 1 unspecified atom stereocenters. The second-order valence-electron chi connectivity index (χ2n) is 11.4. The molecule has 0 aliphatic heterocycles. The Morgan fingerprint density at radius 3 is 2.09 bits per heavy atom. The number of alkyl halides is 3. The van der Waals surface area contributed by atoms with Gasteiger partial charge >= 0.3 is 18.1 Å². The van der Waals surface area contributed by atoms with Crippen molar-refractivity contribution in [2.75, 3.05) is 26.4 Å². The fourth-order valence-electron chi connectivity index (χ4n) is 5.03. The summed E-state index contributed by atoms with van der Waals surface area (Å²) in [6, 6.07) is 20.2. The maximum atomic E-state index is 12.4. The Balaban J connectivity index is 1.79. The van der Waals surface area contributed by atoms with Crippen LogP contribution in [0.15, 0.2) is 72.8 Å². The van der Waals surface area contributed by atoms with Crippen LogP contribution >= 0.6 is 0 Å². The highest BCUT2D eigenvalue weighted by atomic mass is 19.4. The average Bonchev–Trinajstić information content (AvgIpc) is 3.05. The Hall–Kier alpha value is -3.95. The molecule has 248 valence electrons. The van der Waals surface area contributed by atoms with Crippen LogP contribution in [0.25, 0.3) is 22.3 Å². The van der Waals surface area contributed by atoms with Gasteiger partial charge in [0.05, 0.1) is 37.9 Å². The summed E-state index contributed by atoms with van der Waals surface area (Å²) in [4.78, 5) is 24.0. The molecule has 3 rings (SSSR count). The van der Waals surface area contributed by atoms with Crippen LogP contribution in [0.3, 0.4) is 0 Å². The quantitative estimate of drug-likeness (QED) is 0.0921. The lowest BCUT2D eigenvalue weighted by Crippen LogP contribution is -2.19. The molecule has 0 aliphatic rings. The fraction of sp³-hybridized carbons (Fsp3) is 0.405. The lowest BCUT2D eigenvalue weighted by molar-refractivity contribution is -0.149. The normalized spacial score (nSPS) is 12.1. The number of ether oxygens (including phenoxy) is 2. The number of unbranched alkanes of at least 4 members (excludes halogenated alkanes) is 1. The van der Waals surface area contributed by atoms with Gasteiger partial charge < -0.3 is 19.7 Å². The van der Waals surface area contributed by atoms with Crippen LogP contribution in [0.1, 0.15) is 55.4 Å². The SMILES string of the molecule is C=C(CO)C(=O)OCCc1ccc(-c2ccc(-c3ccc(CCCCC(F)(F)F)cc3)cc2CC)cc1CCOC(=O)C(C)CO. The molecule has 3 aromatic rings. The van der Waals surface area contributed by atoms with E-state index in [1.54, 1.807) is 6.92 Å². The summed E-state index contributed by atoms with van der Waals surface area (Å²) in [5.41, 5.74) is 8.07. The number of carbonyl (C=O) groups excluding carboxylic acids is 2. The molecule has 0 bridgehead atoms. The Kier molecular flexibility index (Phi) is 14.0. The minimum atomic E-state index is -4.11. The zero-order valence-corrected chi connectivity index (χ0v) is 26.5. The summed E-state index contributed by atoms with van der Waals surface area (Å²) >= 11 is 0. The fourth-order valence-corrected chi connectivity index (χ4v) is 5.03. The number of rotatable bonds is 17. The van der Waals surface area contributed by atoms with Gasteiger partial charge in [-0.15, -0.1) is 0 Å². The number of aliphatic hydroxyl groups is 2. The Morgan fingerprint density at radius 1 is 0.804 bits per heavy atom. The highest BCUT2D eigenvalue weighted by Gasteiger charge is 2.25. The largest absolute Gasteiger partial charge is 0.465 e. The second-order valence-corrected chi connectivity index (χ2v) is 11.4.